The lowest BCUT2D eigenvalue weighted by Crippen LogP contribution is -2.50. The Morgan fingerprint density at radius 2 is 1.77 bits per heavy atom. The molecule has 0 aromatic rings. The zero-order chi connectivity index (χ0) is 23.0. The van der Waals surface area contributed by atoms with Gasteiger partial charge in [-0.05, 0) is 112 Å². The molecule has 0 spiro atoms. The highest BCUT2D eigenvalue weighted by atomic mass is 16.3. The van der Waals surface area contributed by atoms with Gasteiger partial charge in [-0.1, -0.05) is 59.1 Å². The van der Waals surface area contributed by atoms with Crippen LogP contribution in [0.4, 0.5) is 0 Å². The second kappa shape index (κ2) is 9.49. The van der Waals surface area contributed by atoms with Gasteiger partial charge >= 0.3 is 0 Å². The Labute approximate surface area is 193 Å². The van der Waals surface area contributed by atoms with E-state index in [2.05, 4.69) is 26.8 Å². The van der Waals surface area contributed by atoms with Gasteiger partial charge in [-0.2, -0.15) is 0 Å². The van der Waals surface area contributed by atoms with E-state index in [9.17, 15) is 10.2 Å². The quantitative estimate of drug-likeness (QED) is 0.441. The zero-order valence-electron chi connectivity index (χ0n) is 21.7. The minimum Gasteiger partial charge on any atom is -0.393 e. The van der Waals surface area contributed by atoms with Crippen molar-refractivity contribution in [1.29, 1.82) is 0 Å². The molecule has 0 radical (unpaired) electrons. The van der Waals surface area contributed by atoms with E-state index in [-0.39, 0.29) is 6.10 Å². The molecule has 0 bridgehead atoms. The van der Waals surface area contributed by atoms with Crippen LogP contribution in [-0.4, -0.2) is 21.9 Å². The van der Waals surface area contributed by atoms with E-state index in [0.717, 1.165) is 55.3 Å². The number of hydrogen-bond donors (Lipinski definition) is 2. The normalized spacial score (nSPS) is 43.0. The van der Waals surface area contributed by atoms with Crippen molar-refractivity contribution in [1.82, 2.24) is 0 Å². The standard InChI is InChI=1S/C27H46O2.C2H6/c1-18(7-6-14-25(2,3)29)22-10-11-23-21-9-8-19-17-20(28)12-15-26(19,4)24(21)13-16-27(22,23)5;1-2/h8,18,20-24,28-29H,6-7,9-17H2,1-5H3;1-2H3/t18-,20?,21?,22?,23?,24?,26?,27?;/m1./s1. The topological polar surface area (TPSA) is 40.5 Å². The fraction of sp³-hybridized carbons (Fsp3) is 0.931. The summed E-state index contributed by atoms with van der Waals surface area (Å²) in [6.45, 7) is 15.6. The van der Waals surface area contributed by atoms with Gasteiger partial charge < -0.3 is 10.2 Å². The number of hydrogen-bond acceptors (Lipinski definition) is 2. The maximum Gasteiger partial charge on any atom is 0.0591 e. The number of fused-ring (bicyclic) bond motifs is 5. The van der Waals surface area contributed by atoms with Crippen LogP contribution in [-0.2, 0) is 0 Å². The highest BCUT2D eigenvalue weighted by Crippen LogP contribution is 2.67. The lowest BCUT2D eigenvalue weighted by molar-refractivity contribution is -0.0575. The van der Waals surface area contributed by atoms with Crippen molar-refractivity contribution in [2.45, 2.75) is 131 Å². The predicted octanol–water partition coefficient (Wildman–Crippen LogP) is 7.53. The van der Waals surface area contributed by atoms with Crippen molar-refractivity contribution >= 4 is 0 Å². The van der Waals surface area contributed by atoms with E-state index in [0.29, 0.717) is 10.8 Å². The molecule has 4 rings (SSSR count). The van der Waals surface area contributed by atoms with Crippen molar-refractivity contribution < 1.29 is 10.2 Å². The van der Waals surface area contributed by atoms with Crippen LogP contribution in [0, 0.1) is 40.4 Å². The Kier molecular flexibility index (Phi) is 7.74. The van der Waals surface area contributed by atoms with Crippen LogP contribution < -0.4 is 0 Å². The lowest BCUT2D eigenvalue weighted by atomic mass is 9.47. The summed E-state index contributed by atoms with van der Waals surface area (Å²) in [7, 11) is 0. The van der Waals surface area contributed by atoms with E-state index in [1.165, 1.54) is 44.9 Å². The van der Waals surface area contributed by atoms with E-state index in [1.54, 1.807) is 5.57 Å². The van der Waals surface area contributed by atoms with Gasteiger partial charge in [0, 0.05) is 0 Å². The van der Waals surface area contributed by atoms with Crippen molar-refractivity contribution in [2.24, 2.45) is 40.4 Å². The smallest absolute Gasteiger partial charge is 0.0591 e. The molecule has 31 heavy (non-hydrogen) atoms. The first kappa shape index (κ1) is 25.3. The van der Waals surface area contributed by atoms with Gasteiger partial charge in [0.1, 0.15) is 0 Å². The summed E-state index contributed by atoms with van der Waals surface area (Å²) in [5, 5.41) is 20.3. The van der Waals surface area contributed by atoms with Crippen LogP contribution >= 0.6 is 0 Å². The summed E-state index contributed by atoms with van der Waals surface area (Å²) in [5.41, 5.74) is 1.95. The molecule has 0 amide bonds. The van der Waals surface area contributed by atoms with Crippen molar-refractivity contribution in [3.63, 3.8) is 0 Å². The fourth-order valence-electron chi connectivity index (χ4n) is 8.67. The summed E-state index contributed by atoms with van der Waals surface area (Å²) >= 11 is 0. The second-order valence-corrected chi connectivity index (χ2v) is 12.6. The first-order valence-corrected chi connectivity index (χ1v) is 13.6. The third-order valence-corrected chi connectivity index (χ3v) is 10.3. The highest BCUT2D eigenvalue weighted by Gasteiger charge is 2.59. The molecule has 0 heterocycles. The molecular weight excluding hydrogens is 380 g/mol. The summed E-state index contributed by atoms with van der Waals surface area (Å²) in [5.74, 6) is 4.24. The molecular formula is C29H52O2. The third kappa shape index (κ3) is 4.81. The molecule has 4 aliphatic carbocycles. The highest BCUT2D eigenvalue weighted by molar-refractivity contribution is 5.25. The van der Waals surface area contributed by atoms with E-state index in [4.69, 9.17) is 0 Å². The number of aliphatic hydroxyl groups excluding tert-OH is 1. The molecule has 8 atom stereocenters. The molecule has 4 aliphatic rings. The molecule has 180 valence electrons. The maximum absolute atomic E-state index is 10.2. The minimum atomic E-state index is -0.519. The second-order valence-electron chi connectivity index (χ2n) is 12.6. The molecule has 3 saturated carbocycles. The van der Waals surface area contributed by atoms with Crippen molar-refractivity contribution in [3.8, 4) is 0 Å². The molecule has 0 saturated heterocycles. The summed E-state index contributed by atoms with van der Waals surface area (Å²) in [6, 6.07) is 0. The monoisotopic (exact) mass is 432 g/mol. The minimum absolute atomic E-state index is 0.0969. The largest absolute Gasteiger partial charge is 0.393 e. The van der Waals surface area contributed by atoms with Gasteiger partial charge in [0.15, 0.2) is 0 Å². The summed E-state index contributed by atoms with van der Waals surface area (Å²) in [4.78, 5) is 0. The van der Waals surface area contributed by atoms with Crippen LogP contribution in [0.3, 0.4) is 0 Å². The van der Waals surface area contributed by atoms with E-state index >= 15 is 0 Å². The molecule has 3 fully saturated rings. The Bertz CT molecular complexity index is 631. The van der Waals surface area contributed by atoms with Crippen LogP contribution in [0.2, 0.25) is 0 Å². The van der Waals surface area contributed by atoms with Gasteiger partial charge in [-0.25, -0.2) is 0 Å². The van der Waals surface area contributed by atoms with Gasteiger partial charge in [-0.3, -0.25) is 0 Å². The van der Waals surface area contributed by atoms with Crippen LogP contribution in [0.5, 0.6) is 0 Å². The zero-order valence-corrected chi connectivity index (χ0v) is 21.7. The van der Waals surface area contributed by atoms with Gasteiger partial charge in [0.2, 0.25) is 0 Å². The predicted molar refractivity (Wildman–Crippen MR) is 132 cm³/mol. The van der Waals surface area contributed by atoms with E-state index in [1.807, 2.05) is 27.7 Å². The SMILES string of the molecule is CC.C[C@H](CCCC(C)(C)O)C1CCC2C3CC=C4CC(O)CCC4(C)C3CCC21C. The van der Waals surface area contributed by atoms with Crippen LogP contribution in [0.1, 0.15) is 119 Å². The van der Waals surface area contributed by atoms with Crippen molar-refractivity contribution in [3.05, 3.63) is 11.6 Å². The van der Waals surface area contributed by atoms with Crippen LogP contribution in [0.25, 0.3) is 0 Å². The molecule has 2 heteroatoms. The van der Waals surface area contributed by atoms with Crippen LogP contribution in [0.15, 0.2) is 11.6 Å². The average molecular weight is 433 g/mol. The number of aliphatic hydroxyl groups is 2. The molecule has 0 aliphatic heterocycles. The van der Waals surface area contributed by atoms with Gasteiger partial charge in [0.25, 0.3) is 0 Å². The Morgan fingerprint density at radius 1 is 1.06 bits per heavy atom. The van der Waals surface area contributed by atoms with E-state index < -0.39 is 5.60 Å². The van der Waals surface area contributed by atoms with Gasteiger partial charge in [-0.15, -0.1) is 0 Å². The average Bonchev–Trinajstić information content (AvgIpc) is 3.06. The molecule has 0 aromatic heterocycles. The molecule has 2 nitrogen and oxygen atoms in total. The molecule has 2 N–H and O–H groups in total. The number of allylic oxidation sites excluding steroid dienone is 1. The Morgan fingerprint density at radius 3 is 2.45 bits per heavy atom. The first-order chi connectivity index (χ1) is 14.5. The maximum atomic E-state index is 10.2. The molecule has 7 unspecified atom stereocenters. The summed E-state index contributed by atoms with van der Waals surface area (Å²) < 4.78 is 0. The Balaban J connectivity index is 0.00000132. The lowest BCUT2D eigenvalue weighted by Gasteiger charge is -2.58. The van der Waals surface area contributed by atoms with Gasteiger partial charge in [0.05, 0.1) is 11.7 Å². The number of rotatable bonds is 5. The summed E-state index contributed by atoms with van der Waals surface area (Å²) in [6.07, 6.45) is 15.9. The fourth-order valence-corrected chi connectivity index (χ4v) is 8.67. The Hall–Kier alpha value is -0.340. The first-order valence-electron chi connectivity index (χ1n) is 13.6. The van der Waals surface area contributed by atoms with Crippen molar-refractivity contribution in [2.75, 3.05) is 0 Å². The molecule has 0 aromatic carbocycles. The third-order valence-electron chi connectivity index (χ3n) is 10.3.